The minimum atomic E-state index is 0.531. The molecule has 0 aliphatic carbocycles. The summed E-state index contributed by atoms with van der Waals surface area (Å²) < 4.78 is 5.15. The molecule has 0 aliphatic heterocycles. The summed E-state index contributed by atoms with van der Waals surface area (Å²) in [7, 11) is 0. The summed E-state index contributed by atoms with van der Waals surface area (Å²) in [6.07, 6.45) is 1.44. The molecular weight excluding hydrogens is 266 g/mol. The number of para-hydroxylation sites is 1. The van der Waals surface area contributed by atoms with Crippen molar-refractivity contribution in [1.82, 2.24) is 0 Å². The third-order valence-corrected chi connectivity index (χ3v) is 3.25. The topological polar surface area (TPSA) is 21.3 Å². The van der Waals surface area contributed by atoms with Crippen molar-refractivity contribution in [1.29, 1.82) is 0 Å². The van der Waals surface area contributed by atoms with Gasteiger partial charge < -0.3 is 10.1 Å². The fourth-order valence-electron chi connectivity index (χ4n) is 1.77. The first-order valence-corrected chi connectivity index (χ1v) is 6.71. The van der Waals surface area contributed by atoms with E-state index in [9.17, 15) is 0 Å². The van der Waals surface area contributed by atoms with Crippen molar-refractivity contribution in [2.24, 2.45) is 0 Å². The average molecular weight is 283 g/mol. The largest absolute Gasteiger partial charge is 0.497 e. The van der Waals surface area contributed by atoms with Crippen LogP contribution in [0.15, 0.2) is 72.8 Å². The van der Waals surface area contributed by atoms with Crippen LogP contribution in [-0.4, -0.2) is 0 Å². The van der Waals surface area contributed by atoms with Crippen LogP contribution in [-0.2, 0) is 11.3 Å². The van der Waals surface area contributed by atoms with Crippen LogP contribution in [0.25, 0.3) is 5.70 Å². The summed E-state index contributed by atoms with van der Waals surface area (Å²) in [6, 6.07) is 15.9. The number of hydrogen-bond donors (Lipinski definition) is 2. The fraction of sp³-hybridized carbons (Fsp3) is 0.0588. The molecule has 2 nitrogen and oxygen atoms in total. The van der Waals surface area contributed by atoms with E-state index in [0.717, 1.165) is 27.4 Å². The van der Waals surface area contributed by atoms with E-state index in [1.165, 1.54) is 6.26 Å². The Labute approximate surface area is 125 Å². The van der Waals surface area contributed by atoms with Gasteiger partial charge in [-0.05, 0) is 23.3 Å². The van der Waals surface area contributed by atoms with Crippen molar-refractivity contribution in [3.63, 3.8) is 0 Å². The Morgan fingerprint density at radius 3 is 2.50 bits per heavy atom. The van der Waals surface area contributed by atoms with Gasteiger partial charge in [-0.1, -0.05) is 49.6 Å². The molecule has 0 atom stereocenters. The molecule has 0 saturated heterocycles. The third kappa shape index (κ3) is 3.68. The lowest BCUT2D eigenvalue weighted by molar-refractivity contribution is 0.237. The number of rotatable bonds is 6. The summed E-state index contributed by atoms with van der Waals surface area (Å²) in [5.41, 5.74) is 3.91. The SMILES string of the molecule is C=COCc1ccc(C(=C)Nc2ccccc2S)cc1. The maximum absolute atomic E-state index is 5.15. The molecule has 0 aromatic heterocycles. The predicted molar refractivity (Wildman–Crippen MR) is 87.8 cm³/mol. The van der Waals surface area contributed by atoms with E-state index in [1.54, 1.807) is 0 Å². The molecule has 0 unspecified atom stereocenters. The summed E-state index contributed by atoms with van der Waals surface area (Å²) in [5.74, 6) is 0. The Morgan fingerprint density at radius 2 is 1.85 bits per heavy atom. The Kier molecular flexibility index (Phi) is 4.91. The number of hydrogen-bond acceptors (Lipinski definition) is 3. The van der Waals surface area contributed by atoms with Crippen molar-refractivity contribution < 1.29 is 4.74 Å². The Bertz CT molecular complexity index is 605. The Hall–Kier alpha value is -2.13. The highest BCUT2D eigenvalue weighted by Gasteiger charge is 2.02. The highest BCUT2D eigenvalue weighted by Crippen LogP contribution is 2.23. The smallest absolute Gasteiger partial charge is 0.112 e. The Morgan fingerprint density at radius 1 is 1.15 bits per heavy atom. The minimum Gasteiger partial charge on any atom is -0.497 e. The van der Waals surface area contributed by atoms with Crippen LogP contribution in [0.2, 0.25) is 0 Å². The van der Waals surface area contributed by atoms with Gasteiger partial charge in [0.25, 0.3) is 0 Å². The first kappa shape index (κ1) is 14.3. The molecule has 102 valence electrons. The molecule has 0 amide bonds. The molecule has 20 heavy (non-hydrogen) atoms. The molecule has 1 N–H and O–H groups in total. The number of anilines is 1. The summed E-state index contributed by atoms with van der Waals surface area (Å²) in [4.78, 5) is 0.893. The van der Waals surface area contributed by atoms with Gasteiger partial charge in [0.2, 0.25) is 0 Å². The Balaban J connectivity index is 2.06. The molecule has 2 aromatic rings. The van der Waals surface area contributed by atoms with Gasteiger partial charge in [0.05, 0.1) is 11.9 Å². The molecule has 0 radical (unpaired) electrons. The van der Waals surface area contributed by atoms with E-state index in [1.807, 2.05) is 48.5 Å². The zero-order chi connectivity index (χ0) is 14.4. The molecule has 0 heterocycles. The summed E-state index contributed by atoms with van der Waals surface area (Å²) in [6.45, 7) is 8.11. The van der Waals surface area contributed by atoms with Crippen LogP contribution in [0.5, 0.6) is 0 Å². The van der Waals surface area contributed by atoms with E-state index in [0.29, 0.717) is 6.61 Å². The lowest BCUT2D eigenvalue weighted by Gasteiger charge is -2.12. The number of thiol groups is 1. The van der Waals surface area contributed by atoms with Crippen molar-refractivity contribution in [2.75, 3.05) is 5.32 Å². The highest BCUT2D eigenvalue weighted by molar-refractivity contribution is 7.80. The normalized spacial score (nSPS) is 9.85. The van der Waals surface area contributed by atoms with Gasteiger partial charge >= 0.3 is 0 Å². The standard InChI is InChI=1S/C17H17NOS/c1-3-19-12-14-8-10-15(11-9-14)13(2)18-16-6-4-5-7-17(16)20/h3-11,18,20H,1-2,12H2. The van der Waals surface area contributed by atoms with E-state index >= 15 is 0 Å². The molecule has 0 bridgehead atoms. The van der Waals surface area contributed by atoms with E-state index in [4.69, 9.17) is 4.74 Å². The van der Waals surface area contributed by atoms with Crippen molar-refractivity contribution in [3.05, 3.63) is 79.1 Å². The van der Waals surface area contributed by atoms with Gasteiger partial charge in [0.15, 0.2) is 0 Å². The van der Waals surface area contributed by atoms with Gasteiger partial charge in [-0.25, -0.2) is 0 Å². The second-order valence-electron chi connectivity index (χ2n) is 4.30. The van der Waals surface area contributed by atoms with Crippen LogP contribution >= 0.6 is 12.6 Å². The lowest BCUT2D eigenvalue weighted by Crippen LogP contribution is -1.98. The summed E-state index contributed by atoms with van der Waals surface area (Å²) in [5, 5.41) is 3.27. The molecule has 3 heteroatoms. The lowest BCUT2D eigenvalue weighted by atomic mass is 10.1. The van der Waals surface area contributed by atoms with Crippen LogP contribution in [0, 0.1) is 0 Å². The second kappa shape index (κ2) is 6.87. The predicted octanol–water partition coefficient (Wildman–Crippen LogP) is 4.72. The third-order valence-electron chi connectivity index (χ3n) is 2.86. The second-order valence-corrected chi connectivity index (χ2v) is 4.78. The van der Waals surface area contributed by atoms with Gasteiger partial charge in [-0.15, -0.1) is 12.6 Å². The molecular formula is C17H17NOS. The fourth-order valence-corrected chi connectivity index (χ4v) is 1.99. The number of ether oxygens (including phenoxy) is 1. The maximum Gasteiger partial charge on any atom is 0.112 e. The van der Waals surface area contributed by atoms with Crippen LogP contribution in [0.3, 0.4) is 0 Å². The van der Waals surface area contributed by atoms with Gasteiger partial charge in [0, 0.05) is 10.6 Å². The quantitative estimate of drug-likeness (QED) is 0.591. The molecule has 0 aliphatic rings. The zero-order valence-electron chi connectivity index (χ0n) is 11.2. The monoisotopic (exact) mass is 283 g/mol. The van der Waals surface area contributed by atoms with Crippen molar-refractivity contribution in [3.8, 4) is 0 Å². The first-order valence-electron chi connectivity index (χ1n) is 6.26. The van der Waals surface area contributed by atoms with Crippen LogP contribution in [0.4, 0.5) is 5.69 Å². The summed E-state index contributed by atoms with van der Waals surface area (Å²) >= 11 is 4.41. The van der Waals surface area contributed by atoms with Gasteiger partial charge in [-0.2, -0.15) is 0 Å². The van der Waals surface area contributed by atoms with E-state index < -0.39 is 0 Å². The van der Waals surface area contributed by atoms with Gasteiger partial charge in [0.1, 0.15) is 6.61 Å². The highest BCUT2D eigenvalue weighted by atomic mass is 32.1. The van der Waals surface area contributed by atoms with Crippen LogP contribution < -0.4 is 5.32 Å². The average Bonchev–Trinajstić information content (AvgIpc) is 2.48. The minimum absolute atomic E-state index is 0.531. The zero-order valence-corrected chi connectivity index (χ0v) is 12.1. The molecule has 0 fully saturated rings. The van der Waals surface area contributed by atoms with Crippen LogP contribution in [0.1, 0.15) is 11.1 Å². The molecule has 2 aromatic carbocycles. The number of benzene rings is 2. The van der Waals surface area contributed by atoms with Crippen molar-refractivity contribution in [2.45, 2.75) is 11.5 Å². The first-order chi connectivity index (χ1) is 9.70. The molecule has 0 saturated carbocycles. The van der Waals surface area contributed by atoms with Crippen molar-refractivity contribution >= 4 is 24.0 Å². The number of nitrogens with one attached hydrogen (secondary N) is 1. The van der Waals surface area contributed by atoms with E-state index in [2.05, 4.69) is 31.1 Å². The molecule has 2 rings (SSSR count). The van der Waals surface area contributed by atoms with E-state index in [-0.39, 0.29) is 0 Å². The maximum atomic E-state index is 5.15. The molecule has 0 spiro atoms. The van der Waals surface area contributed by atoms with Gasteiger partial charge in [-0.3, -0.25) is 0 Å².